The molecule has 1 saturated carbocycles. The van der Waals surface area contributed by atoms with Crippen molar-refractivity contribution in [3.05, 3.63) is 40.3 Å². The zero-order valence-corrected chi connectivity index (χ0v) is 11.7. The SMILES string of the molecule is Cc1ccccc1C=C1SC(=S)N(C2CC2)C1=O. The van der Waals surface area contributed by atoms with Crippen LogP contribution in [0.25, 0.3) is 6.08 Å². The number of thioether (sulfide) groups is 1. The number of carbonyl (C=O) groups is 1. The molecule has 0 bridgehead atoms. The number of thiocarbonyl (C=S) groups is 1. The summed E-state index contributed by atoms with van der Waals surface area (Å²) < 4.78 is 0.710. The lowest BCUT2D eigenvalue weighted by molar-refractivity contribution is -0.122. The molecule has 2 nitrogen and oxygen atoms in total. The van der Waals surface area contributed by atoms with E-state index in [1.165, 1.54) is 17.3 Å². The molecule has 18 heavy (non-hydrogen) atoms. The van der Waals surface area contributed by atoms with Gasteiger partial charge in [-0.05, 0) is 37.0 Å². The van der Waals surface area contributed by atoms with Crippen molar-refractivity contribution in [3.63, 3.8) is 0 Å². The van der Waals surface area contributed by atoms with E-state index in [1.807, 2.05) is 37.3 Å². The van der Waals surface area contributed by atoms with Crippen molar-refractivity contribution in [1.82, 2.24) is 4.90 Å². The first-order valence-corrected chi connectivity index (χ1v) is 7.22. The summed E-state index contributed by atoms with van der Waals surface area (Å²) in [4.78, 5) is 14.8. The Morgan fingerprint density at radius 1 is 1.39 bits per heavy atom. The maximum atomic E-state index is 12.3. The molecule has 92 valence electrons. The van der Waals surface area contributed by atoms with Gasteiger partial charge in [0.2, 0.25) is 0 Å². The third-order valence-electron chi connectivity index (χ3n) is 3.21. The van der Waals surface area contributed by atoms with Gasteiger partial charge >= 0.3 is 0 Å². The second kappa shape index (κ2) is 4.52. The predicted molar refractivity (Wildman–Crippen MR) is 79.2 cm³/mol. The number of rotatable bonds is 2. The van der Waals surface area contributed by atoms with E-state index in [-0.39, 0.29) is 5.91 Å². The van der Waals surface area contributed by atoms with E-state index >= 15 is 0 Å². The number of hydrogen-bond acceptors (Lipinski definition) is 3. The van der Waals surface area contributed by atoms with Crippen LogP contribution in [0.2, 0.25) is 0 Å². The molecule has 1 aliphatic heterocycles. The van der Waals surface area contributed by atoms with Crippen LogP contribution in [0.15, 0.2) is 29.2 Å². The topological polar surface area (TPSA) is 20.3 Å². The molecule has 1 aliphatic carbocycles. The van der Waals surface area contributed by atoms with Gasteiger partial charge in [-0.3, -0.25) is 9.69 Å². The Kier molecular flexibility index (Phi) is 2.99. The van der Waals surface area contributed by atoms with Gasteiger partial charge in [0, 0.05) is 6.04 Å². The van der Waals surface area contributed by atoms with E-state index in [1.54, 1.807) is 4.90 Å². The van der Waals surface area contributed by atoms with Gasteiger partial charge in [-0.15, -0.1) is 0 Å². The lowest BCUT2D eigenvalue weighted by atomic mass is 10.1. The summed E-state index contributed by atoms with van der Waals surface area (Å²) in [5, 5.41) is 0. The zero-order valence-electron chi connectivity index (χ0n) is 10.1. The molecule has 2 aliphatic rings. The molecule has 0 atom stereocenters. The lowest BCUT2D eigenvalue weighted by Crippen LogP contribution is -2.30. The molecule has 0 spiro atoms. The molecule has 0 unspecified atom stereocenters. The summed E-state index contributed by atoms with van der Waals surface area (Å²) >= 11 is 6.71. The average Bonchev–Trinajstić information content (AvgIpc) is 3.11. The quantitative estimate of drug-likeness (QED) is 0.610. The third-order valence-corrected chi connectivity index (χ3v) is 4.54. The van der Waals surface area contributed by atoms with Gasteiger partial charge in [0.25, 0.3) is 5.91 Å². The van der Waals surface area contributed by atoms with E-state index in [2.05, 4.69) is 0 Å². The van der Waals surface area contributed by atoms with Crippen molar-refractivity contribution in [1.29, 1.82) is 0 Å². The van der Waals surface area contributed by atoms with E-state index in [9.17, 15) is 4.79 Å². The molecular weight excluding hydrogens is 262 g/mol. The number of benzene rings is 1. The lowest BCUT2D eigenvalue weighted by Gasteiger charge is -2.11. The standard InChI is InChI=1S/C14H13NOS2/c1-9-4-2-3-5-10(9)8-12-13(16)15(11-6-7-11)14(17)18-12/h2-5,8,11H,6-7H2,1H3. The van der Waals surface area contributed by atoms with Crippen LogP contribution in [0.4, 0.5) is 0 Å². The van der Waals surface area contributed by atoms with Gasteiger partial charge in [-0.1, -0.05) is 48.2 Å². The molecule has 0 N–H and O–H groups in total. The summed E-state index contributed by atoms with van der Waals surface area (Å²) in [7, 11) is 0. The highest BCUT2D eigenvalue weighted by molar-refractivity contribution is 8.26. The Labute approximate surface area is 116 Å². The number of carbonyl (C=O) groups excluding carboxylic acids is 1. The Morgan fingerprint density at radius 3 is 2.78 bits per heavy atom. The van der Waals surface area contributed by atoms with Crippen LogP contribution in [0.3, 0.4) is 0 Å². The maximum Gasteiger partial charge on any atom is 0.266 e. The third kappa shape index (κ3) is 2.10. The smallest absolute Gasteiger partial charge is 0.266 e. The van der Waals surface area contributed by atoms with Crippen molar-refractivity contribution in [2.24, 2.45) is 0 Å². The minimum absolute atomic E-state index is 0.0794. The zero-order chi connectivity index (χ0) is 12.7. The Bertz CT molecular complexity index is 561. The molecule has 0 radical (unpaired) electrons. The monoisotopic (exact) mass is 275 g/mol. The van der Waals surface area contributed by atoms with E-state index in [0.29, 0.717) is 10.4 Å². The number of nitrogens with zero attached hydrogens (tertiary/aromatic N) is 1. The average molecular weight is 275 g/mol. The van der Waals surface area contributed by atoms with Crippen LogP contribution in [0.1, 0.15) is 24.0 Å². The highest BCUT2D eigenvalue weighted by Gasteiger charge is 2.41. The van der Waals surface area contributed by atoms with Crippen LogP contribution in [0.5, 0.6) is 0 Å². The van der Waals surface area contributed by atoms with Gasteiger partial charge in [0.15, 0.2) is 0 Å². The normalized spacial score (nSPS) is 22.1. The Morgan fingerprint density at radius 2 is 2.11 bits per heavy atom. The fourth-order valence-corrected chi connectivity index (χ4v) is 3.41. The molecule has 2 fully saturated rings. The van der Waals surface area contributed by atoms with Gasteiger partial charge in [-0.25, -0.2) is 0 Å². The van der Waals surface area contributed by atoms with Crippen LogP contribution in [0, 0.1) is 6.92 Å². The van der Waals surface area contributed by atoms with Crippen molar-refractivity contribution < 1.29 is 4.79 Å². The molecule has 4 heteroatoms. The Hall–Kier alpha value is -1.13. The van der Waals surface area contributed by atoms with E-state index in [0.717, 1.165) is 23.3 Å². The highest BCUT2D eigenvalue weighted by Crippen LogP contribution is 2.40. The summed E-state index contributed by atoms with van der Waals surface area (Å²) in [6.07, 6.45) is 4.13. The van der Waals surface area contributed by atoms with Gasteiger partial charge in [-0.2, -0.15) is 0 Å². The maximum absolute atomic E-state index is 12.3. The largest absolute Gasteiger partial charge is 0.290 e. The first kappa shape index (κ1) is 11.9. The van der Waals surface area contributed by atoms with Crippen LogP contribution < -0.4 is 0 Å². The predicted octanol–water partition coefficient (Wildman–Crippen LogP) is 3.36. The van der Waals surface area contributed by atoms with Crippen molar-refractivity contribution in [2.75, 3.05) is 0 Å². The van der Waals surface area contributed by atoms with Gasteiger partial charge in [0.1, 0.15) is 4.32 Å². The van der Waals surface area contributed by atoms with Crippen molar-refractivity contribution in [3.8, 4) is 0 Å². The van der Waals surface area contributed by atoms with Gasteiger partial charge in [0.05, 0.1) is 4.91 Å². The minimum atomic E-state index is 0.0794. The van der Waals surface area contributed by atoms with Crippen LogP contribution >= 0.6 is 24.0 Å². The fraction of sp³-hybridized carbons (Fsp3) is 0.286. The fourth-order valence-electron chi connectivity index (χ4n) is 2.02. The number of hydrogen-bond donors (Lipinski definition) is 0. The summed E-state index contributed by atoms with van der Waals surface area (Å²) in [6, 6.07) is 8.43. The molecule has 1 aromatic carbocycles. The minimum Gasteiger partial charge on any atom is -0.290 e. The molecule has 1 heterocycles. The summed E-state index contributed by atoms with van der Waals surface area (Å²) in [6.45, 7) is 2.05. The summed E-state index contributed by atoms with van der Waals surface area (Å²) in [5.74, 6) is 0.0794. The molecular formula is C14H13NOS2. The molecule has 3 rings (SSSR count). The van der Waals surface area contributed by atoms with Crippen LogP contribution in [-0.4, -0.2) is 21.2 Å². The van der Waals surface area contributed by atoms with E-state index in [4.69, 9.17) is 12.2 Å². The first-order valence-electron chi connectivity index (χ1n) is 5.99. The molecule has 1 amide bonds. The molecule has 1 saturated heterocycles. The number of aryl methyl sites for hydroxylation is 1. The number of amides is 1. The Balaban J connectivity index is 1.92. The molecule has 0 aromatic heterocycles. The van der Waals surface area contributed by atoms with E-state index < -0.39 is 0 Å². The second-order valence-electron chi connectivity index (χ2n) is 4.64. The first-order chi connectivity index (χ1) is 8.66. The molecule has 1 aromatic rings. The van der Waals surface area contributed by atoms with Gasteiger partial charge < -0.3 is 0 Å². The summed E-state index contributed by atoms with van der Waals surface area (Å²) in [5.41, 5.74) is 2.27. The second-order valence-corrected chi connectivity index (χ2v) is 6.32. The van der Waals surface area contributed by atoms with Crippen molar-refractivity contribution in [2.45, 2.75) is 25.8 Å². The highest BCUT2D eigenvalue weighted by atomic mass is 32.2. The van der Waals surface area contributed by atoms with Crippen molar-refractivity contribution >= 4 is 40.3 Å². The van der Waals surface area contributed by atoms with Crippen LogP contribution in [-0.2, 0) is 4.79 Å².